The number of hydrogen-bond donors (Lipinski definition) is 1. The molecule has 1 N–H and O–H groups in total. The van der Waals surface area contributed by atoms with Gasteiger partial charge in [0.2, 0.25) is 0 Å². The highest BCUT2D eigenvalue weighted by atomic mass is 19.4. The highest BCUT2D eigenvalue weighted by Gasteiger charge is 2.30. The van der Waals surface area contributed by atoms with Crippen LogP contribution in [0.2, 0.25) is 0 Å². The molecule has 1 nitrogen and oxygen atoms in total. The second-order valence-electron chi connectivity index (χ2n) is 5.45. The van der Waals surface area contributed by atoms with Crippen molar-refractivity contribution in [2.24, 2.45) is 0 Å². The van der Waals surface area contributed by atoms with Crippen molar-refractivity contribution in [3.63, 3.8) is 0 Å². The minimum atomic E-state index is -4.02. The maximum atomic E-state index is 12.0. The van der Waals surface area contributed by atoms with Gasteiger partial charge in [-0.3, -0.25) is 0 Å². The standard InChI is InChI=1S/C15H20F3N/c1-11-3-5-12(6-4-11)13-9-14(10-13)19-8-2-7-15(16,17)18/h3-6,13-14,19H,2,7-10H2,1H3. The van der Waals surface area contributed by atoms with Gasteiger partial charge in [0.1, 0.15) is 0 Å². The normalized spacial score (nSPS) is 23.2. The highest BCUT2D eigenvalue weighted by molar-refractivity contribution is 5.26. The fraction of sp³-hybridized carbons (Fsp3) is 0.600. The Hall–Kier alpha value is -1.03. The van der Waals surface area contributed by atoms with Gasteiger partial charge in [0.15, 0.2) is 0 Å². The van der Waals surface area contributed by atoms with Crippen molar-refractivity contribution in [3.8, 4) is 0 Å². The maximum absolute atomic E-state index is 12.0. The molecule has 1 aliphatic rings. The summed E-state index contributed by atoms with van der Waals surface area (Å²) in [5.41, 5.74) is 2.60. The number of aryl methyl sites for hydroxylation is 1. The van der Waals surface area contributed by atoms with E-state index in [4.69, 9.17) is 0 Å². The van der Waals surface area contributed by atoms with Crippen molar-refractivity contribution >= 4 is 0 Å². The summed E-state index contributed by atoms with van der Waals surface area (Å²) < 4.78 is 35.9. The lowest BCUT2D eigenvalue weighted by Gasteiger charge is -2.36. The molecule has 0 bridgehead atoms. The Bertz CT molecular complexity index is 391. The summed E-state index contributed by atoms with van der Waals surface area (Å²) in [6, 6.07) is 8.91. The molecule has 0 atom stereocenters. The van der Waals surface area contributed by atoms with Crippen LogP contribution in [0.3, 0.4) is 0 Å². The number of nitrogens with one attached hydrogen (secondary N) is 1. The van der Waals surface area contributed by atoms with Crippen LogP contribution in [0.1, 0.15) is 42.7 Å². The van der Waals surface area contributed by atoms with Gasteiger partial charge in [0.05, 0.1) is 0 Å². The van der Waals surface area contributed by atoms with Crippen molar-refractivity contribution < 1.29 is 13.2 Å². The number of benzene rings is 1. The van der Waals surface area contributed by atoms with Gasteiger partial charge in [0, 0.05) is 12.5 Å². The molecule has 4 heteroatoms. The van der Waals surface area contributed by atoms with Gasteiger partial charge in [-0.2, -0.15) is 13.2 Å². The van der Waals surface area contributed by atoms with E-state index in [1.807, 2.05) is 0 Å². The number of halogens is 3. The Morgan fingerprint density at radius 1 is 1.16 bits per heavy atom. The fourth-order valence-corrected chi connectivity index (χ4v) is 2.49. The average Bonchev–Trinajstić information content (AvgIpc) is 2.27. The monoisotopic (exact) mass is 271 g/mol. The topological polar surface area (TPSA) is 12.0 Å². The van der Waals surface area contributed by atoms with Crippen LogP contribution in [-0.4, -0.2) is 18.8 Å². The van der Waals surface area contributed by atoms with Crippen LogP contribution in [0.25, 0.3) is 0 Å². The van der Waals surface area contributed by atoms with Crippen molar-refractivity contribution in [2.75, 3.05) is 6.54 Å². The summed E-state index contributed by atoms with van der Waals surface area (Å²) in [6.45, 7) is 2.53. The summed E-state index contributed by atoms with van der Waals surface area (Å²) in [5.74, 6) is 0.570. The molecular formula is C15H20F3N. The van der Waals surface area contributed by atoms with Crippen LogP contribution in [0.4, 0.5) is 13.2 Å². The molecule has 0 heterocycles. The van der Waals surface area contributed by atoms with Crippen molar-refractivity contribution in [2.45, 2.75) is 50.7 Å². The minimum absolute atomic E-state index is 0.176. The third-order valence-corrected chi connectivity index (χ3v) is 3.76. The first-order valence-electron chi connectivity index (χ1n) is 6.81. The van der Waals surface area contributed by atoms with Gasteiger partial charge in [0.25, 0.3) is 0 Å². The third kappa shape index (κ3) is 4.53. The molecule has 0 radical (unpaired) electrons. The Labute approximate surface area is 112 Å². The third-order valence-electron chi connectivity index (χ3n) is 3.76. The molecule has 1 aromatic rings. The summed E-state index contributed by atoms with van der Waals surface area (Å²) >= 11 is 0. The summed E-state index contributed by atoms with van der Waals surface area (Å²) in [4.78, 5) is 0. The zero-order valence-corrected chi connectivity index (χ0v) is 11.1. The second kappa shape index (κ2) is 5.95. The smallest absolute Gasteiger partial charge is 0.314 e. The molecule has 0 aromatic heterocycles. The first kappa shape index (κ1) is 14.4. The van der Waals surface area contributed by atoms with E-state index in [2.05, 4.69) is 36.5 Å². The Balaban J connectivity index is 1.63. The first-order valence-corrected chi connectivity index (χ1v) is 6.81. The Morgan fingerprint density at radius 3 is 2.37 bits per heavy atom. The Kier molecular flexibility index (Phi) is 4.50. The molecule has 106 valence electrons. The molecular weight excluding hydrogens is 251 g/mol. The number of rotatable bonds is 5. The lowest BCUT2D eigenvalue weighted by Crippen LogP contribution is -2.40. The molecule has 1 aliphatic carbocycles. The van der Waals surface area contributed by atoms with E-state index in [-0.39, 0.29) is 6.42 Å². The van der Waals surface area contributed by atoms with Gasteiger partial charge in [-0.15, -0.1) is 0 Å². The Morgan fingerprint density at radius 2 is 1.79 bits per heavy atom. The van der Waals surface area contributed by atoms with E-state index in [9.17, 15) is 13.2 Å². The van der Waals surface area contributed by atoms with Gasteiger partial charge >= 0.3 is 6.18 Å². The predicted molar refractivity (Wildman–Crippen MR) is 70.2 cm³/mol. The van der Waals surface area contributed by atoms with E-state index < -0.39 is 12.6 Å². The van der Waals surface area contributed by atoms with Gasteiger partial charge in [-0.1, -0.05) is 29.8 Å². The molecule has 1 fully saturated rings. The summed E-state index contributed by atoms with van der Waals surface area (Å²) in [6.07, 6.45) is -2.46. The quantitative estimate of drug-likeness (QED) is 0.792. The van der Waals surface area contributed by atoms with Crippen LogP contribution in [-0.2, 0) is 0 Å². The molecule has 2 rings (SSSR count). The highest BCUT2D eigenvalue weighted by Crippen LogP contribution is 2.36. The molecule has 0 amide bonds. The van der Waals surface area contributed by atoms with Gasteiger partial charge < -0.3 is 5.32 Å². The van der Waals surface area contributed by atoms with Crippen LogP contribution in [0, 0.1) is 6.92 Å². The van der Waals surface area contributed by atoms with Crippen LogP contribution in [0.5, 0.6) is 0 Å². The zero-order valence-electron chi connectivity index (χ0n) is 11.1. The van der Waals surface area contributed by atoms with Gasteiger partial charge in [-0.25, -0.2) is 0 Å². The van der Waals surface area contributed by atoms with E-state index >= 15 is 0 Å². The molecule has 0 unspecified atom stereocenters. The lowest BCUT2D eigenvalue weighted by atomic mass is 9.76. The van der Waals surface area contributed by atoms with Crippen LogP contribution >= 0.6 is 0 Å². The fourth-order valence-electron chi connectivity index (χ4n) is 2.49. The van der Waals surface area contributed by atoms with E-state index in [1.54, 1.807) is 0 Å². The predicted octanol–water partition coefficient (Wildman–Crippen LogP) is 4.17. The van der Waals surface area contributed by atoms with E-state index in [1.165, 1.54) is 11.1 Å². The molecule has 1 aromatic carbocycles. The minimum Gasteiger partial charge on any atom is -0.314 e. The molecule has 1 saturated carbocycles. The van der Waals surface area contributed by atoms with E-state index in [0.29, 0.717) is 18.5 Å². The number of hydrogen-bond acceptors (Lipinski definition) is 1. The SMILES string of the molecule is Cc1ccc(C2CC(NCCCC(F)(F)F)C2)cc1. The van der Waals surface area contributed by atoms with Crippen molar-refractivity contribution in [3.05, 3.63) is 35.4 Å². The summed E-state index contributed by atoms with van der Waals surface area (Å²) in [5, 5.41) is 3.20. The average molecular weight is 271 g/mol. The van der Waals surface area contributed by atoms with Crippen LogP contribution < -0.4 is 5.32 Å². The van der Waals surface area contributed by atoms with Gasteiger partial charge in [-0.05, 0) is 44.2 Å². The second-order valence-corrected chi connectivity index (χ2v) is 5.45. The number of alkyl halides is 3. The molecule has 19 heavy (non-hydrogen) atoms. The molecule has 0 aliphatic heterocycles. The van der Waals surface area contributed by atoms with Crippen molar-refractivity contribution in [1.29, 1.82) is 0 Å². The van der Waals surface area contributed by atoms with Crippen molar-refractivity contribution in [1.82, 2.24) is 5.32 Å². The first-order chi connectivity index (χ1) is 8.94. The zero-order chi connectivity index (χ0) is 13.9. The summed E-state index contributed by atoms with van der Waals surface area (Å²) in [7, 11) is 0. The van der Waals surface area contributed by atoms with E-state index in [0.717, 1.165) is 12.8 Å². The molecule has 0 saturated heterocycles. The maximum Gasteiger partial charge on any atom is 0.389 e. The lowest BCUT2D eigenvalue weighted by molar-refractivity contribution is -0.135. The van der Waals surface area contributed by atoms with Crippen LogP contribution in [0.15, 0.2) is 24.3 Å². The largest absolute Gasteiger partial charge is 0.389 e. The molecule has 0 spiro atoms.